The van der Waals surface area contributed by atoms with E-state index in [4.69, 9.17) is 27.9 Å². The number of halogens is 2. The number of ether oxygens (including phenoxy) is 1. The van der Waals surface area contributed by atoms with E-state index < -0.39 is 4.84 Å². The third kappa shape index (κ3) is 1.88. The number of H-pyrrole nitrogens is 1. The third-order valence-corrected chi connectivity index (χ3v) is 2.75. The fourth-order valence-electron chi connectivity index (χ4n) is 1.55. The summed E-state index contributed by atoms with van der Waals surface area (Å²) in [4.78, 5) is 13.6. The Morgan fingerprint density at radius 3 is 2.81 bits per heavy atom. The Kier molecular flexibility index (Phi) is 3.08. The Morgan fingerprint density at radius 1 is 1.44 bits per heavy atom. The van der Waals surface area contributed by atoms with Crippen LogP contribution >= 0.6 is 23.2 Å². The fraction of sp³-hybridized carbons (Fsp3) is 0.182. The molecule has 0 unspecified atom stereocenters. The number of hydrogen-bond donors (Lipinski definition) is 1. The number of carbonyl (C=O) groups excluding carboxylic acids is 1. The summed E-state index contributed by atoms with van der Waals surface area (Å²) in [6, 6.07) is 5.42. The van der Waals surface area contributed by atoms with Gasteiger partial charge in [-0.05, 0) is 18.2 Å². The molecular weight excluding hydrogens is 249 g/mol. The fourth-order valence-corrected chi connectivity index (χ4v) is 1.78. The first-order valence-corrected chi connectivity index (χ1v) is 5.48. The largest absolute Gasteiger partial charge is 0.497 e. The second-order valence-corrected chi connectivity index (χ2v) is 4.38. The van der Waals surface area contributed by atoms with Crippen LogP contribution in [0.15, 0.2) is 24.4 Å². The van der Waals surface area contributed by atoms with E-state index >= 15 is 0 Å². The van der Waals surface area contributed by atoms with E-state index in [1.807, 2.05) is 12.1 Å². The smallest absolute Gasteiger partial charge is 0.197 e. The summed E-state index contributed by atoms with van der Waals surface area (Å²) in [5.41, 5.74) is 1.32. The molecule has 0 fully saturated rings. The van der Waals surface area contributed by atoms with E-state index in [1.165, 1.54) is 0 Å². The highest BCUT2D eigenvalue weighted by Gasteiger charge is 2.18. The van der Waals surface area contributed by atoms with Crippen LogP contribution in [0.4, 0.5) is 0 Å². The second-order valence-electron chi connectivity index (χ2n) is 3.28. The Balaban J connectivity index is 2.58. The van der Waals surface area contributed by atoms with Gasteiger partial charge < -0.3 is 9.72 Å². The van der Waals surface area contributed by atoms with Crippen molar-refractivity contribution < 1.29 is 9.53 Å². The summed E-state index contributed by atoms with van der Waals surface area (Å²) >= 11 is 11.1. The molecule has 0 amide bonds. The van der Waals surface area contributed by atoms with Crippen LogP contribution in [0.25, 0.3) is 10.9 Å². The van der Waals surface area contributed by atoms with Crippen LogP contribution in [0.1, 0.15) is 10.4 Å². The van der Waals surface area contributed by atoms with Crippen LogP contribution in [-0.4, -0.2) is 22.7 Å². The Hall–Kier alpha value is -1.19. The van der Waals surface area contributed by atoms with Crippen LogP contribution in [-0.2, 0) is 0 Å². The number of alkyl halides is 2. The molecule has 1 aromatic carbocycles. The molecule has 0 aliphatic carbocycles. The summed E-state index contributed by atoms with van der Waals surface area (Å²) in [5.74, 6) is 0.365. The zero-order valence-corrected chi connectivity index (χ0v) is 9.97. The van der Waals surface area contributed by atoms with Gasteiger partial charge in [-0.2, -0.15) is 0 Å². The minimum atomic E-state index is -1.05. The lowest BCUT2D eigenvalue weighted by Gasteiger charge is -2.01. The minimum Gasteiger partial charge on any atom is -0.497 e. The second kappa shape index (κ2) is 4.36. The topological polar surface area (TPSA) is 42.1 Å². The molecule has 2 aromatic rings. The van der Waals surface area contributed by atoms with Gasteiger partial charge in [-0.3, -0.25) is 4.79 Å². The number of aromatic amines is 1. The number of hydrogen-bond acceptors (Lipinski definition) is 2. The van der Waals surface area contributed by atoms with Crippen molar-refractivity contribution in [1.29, 1.82) is 0 Å². The average Bonchev–Trinajstić information content (AvgIpc) is 2.70. The van der Waals surface area contributed by atoms with Gasteiger partial charge in [-0.15, -0.1) is 0 Å². The first-order valence-electron chi connectivity index (χ1n) is 4.61. The van der Waals surface area contributed by atoms with Crippen LogP contribution in [0.2, 0.25) is 0 Å². The van der Waals surface area contributed by atoms with Gasteiger partial charge in [0.05, 0.1) is 7.11 Å². The first-order chi connectivity index (χ1) is 7.63. The normalized spacial score (nSPS) is 11.0. The molecule has 5 heteroatoms. The predicted octanol–water partition coefficient (Wildman–Crippen LogP) is 3.16. The number of fused-ring (bicyclic) bond motifs is 1. The van der Waals surface area contributed by atoms with Crippen LogP contribution in [0, 0.1) is 0 Å². The van der Waals surface area contributed by atoms with Crippen molar-refractivity contribution in [2.45, 2.75) is 4.84 Å². The van der Waals surface area contributed by atoms with Crippen molar-refractivity contribution in [2.75, 3.05) is 7.11 Å². The van der Waals surface area contributed by atoms with Crippen LogP contribution in [0.5, 0.6) is 5.75 Å². The molecule has 0 spiro atoms. The number of carbonyl (C=O) groups is 1. The predicted molar refractivity (Wildman–Crippen MR) is 64.7 cm³/mol. The van der Waals surface area contributed by atoms with Gasteiger partial charge in [-0.1, -0.05) is 23.2 Å². The van der Waals surface area contributed by atoms with E-state index in [1.54, 1.807) is 19.4 Å². The van der Waals surface area contributed by atoms with Crippen molar-refractivity contribution in [2.24, 2.45) is 0 Å². The molecule has 0 saturated carbocycles. The molecule has 3 nitrogen and oxygen atoms in total. The van der Waals surface area contributed by atoms with Gasteiger partial charge in [0.25, 0.3) is 0 Å². The summed E-state index contributed by atoms with van der Waals surface area (Å²) in [6.07, 6.45) is 1.60. The van der Waals surface area contributed by atoms with E-state index in [9.17, 15) is 4.79 Å². The molecule has 2 rings (SSSR count). The summed E-state index contributed by atoms with van der Waals surface area (Å²) < 4.78 is 5.10. The zero-order chi connectivity index (χ0) is 11.7. The monoisotopic (exact) mass is 257 g/mol. The van der Waals surface area contributed by atoms with Crippen molar-refractivity contribution in [3.05, 3.63) is 30.0 Å². The lowest BCUT2D eigenvalue weighted by atomic mass is 10.1. The quantitative estimate of drug-likeness (QED) is 0.678. The molecule has 0 atom stereocenters. The lowest BCUT2D eigenvalue weighted by molar-refractivity contribution is 0.101. The zero-order valence-electron chi connectivity index (χ0n) is 8.46. The number of nitrogens with one attached hydrogen (secondary N) is 1. The standard InChI is InChI=1S/C11H9Cl2NO2/c1-16-6-2-3-9-7(4-6)8(5-14-9)10(15)11(12)13/h2-5,11,14H,1H3. The molecule has 16 heavy (non-hydrogen) atoms. The van der Waals surface area contributed by atoms with Crippen molar-refractivity contribution >= 4 is 39.9 Å². The maximum absolute atomic E-state index is 11.7. The van der Waals surface area contributed by atoms with E-state index in [-0.39, 0.29) is 5.78 Å². The minimum absolute atomic E-state index is 0.317. The molecule has 1 aromatic heterocycles. The maximum Gasteiger partial charge on any atom is 0.197 e. The maximum atomic E-state index is 11.7. The first kappa shape index (κ1) is 11.3. The summed E-state index contributed by atoms with van der Waals surface area (Å²) in [7, 11) is 1.57. The van der Waals surface area contributed by atoms with Gasteiger partial charge in [-0.25, -0.2) is 0 Å². The molecular formula is C11H9Cl2NO2. The Labute approximate surface area is 102 Å². The number of ketones is 1. The highest BCUT2D eigenvalue weighted by Crippen LogP contribution is 2.25. The van der Waals surface area contributed by atoms with E-state index in [2.05, 4.69) is 4.98 Å². The molecule has 0 bridgehead atoms. The number of methoxy groups -OCH3 is 1. The Bertz CT molecular complexity index is 534. The number of rotatable bonds is 3. The lowest BCUT2D eigenvalue weighted by Crippen LogP contribution is -2.07. The average molecular weight is 258 g/mol. The van der Waals surface area contributed by atoms with Crippen molar-refractivity contribution in [1.82, 2.24) is 4.98 Å². The number of Topliss-reactive ketones (excluding diaryl/α,β-unsaturated/α-hetero) is 1. The SMILES string of the molecule is COc1ccc2[nH]cc(C(=O)C(Cl)Cl)c2c1. The van der Waals surface area contributed by atoms with E-state index in [0.29, 0.717) is 11.3 Å². The molecule has 84 valence electrons. The van der Waals surface area contributed by atoms with Gasteiger partial charge in [0, 0.05) is 22.7 Å². The molecule has 1 N–H and O–H groups in total. The van der Waals surface area contributed by atoms with Gasteiger partial charge in [0.2, 0.25) is 0 Å². The highest BCUT2D eigenvalue weighted by molar-refractivity contribution is 6.55. The van der Waals surface area contributed by atoms with E-state index in [0.717, 1.165) is 10.9 Å². The summed E-state index contributed by atoms with van der Waals surface area (Å²) in [6.45, 7) is 0. The summed E-state index contributed by atoms with van der Waals surface area (Å²) in [5, 5.41) is 0.760. The van der Waals surface area contributed by atoms with Crippen molar-refractivity contribution in [3.63, 3.8) is 0 Å². The third-order valence-electron chi connectivity index (χ3n) is 2.35. The molecule has 1 heterocycles. The highest BCUT2D eigenvalue weighted by atomic mass is 35.5. The molecule has 0 radical (unpaired) electrons. The molecule has 0 aliphatic heterocycles. The van der Waals surface area contributed by atoms with Gasteiger partial charge in [0.1, 0.15) is 5.75 Å². The van der Waals surface area contributed by atoms with Crippen LogP contribution in [0.3, 0.4) is 0 Å². The Morgan fingerprint density at radius 2 is 2.19 bits per heavy atom. The van der Waals surface area contributed by atoms with Gasteiger partial charge in [0.15, 0.2) is 10.6 Å². The van der Waals surface area contributed by atoms with Crippen molar-refractivity contribution in [3.8, 4) is 5.75 Å². The van der Waals surface area contributed by atoms with Gasteiger partial charge >= 0.3 is 0 Å². The number of aromatic nitrogens is 1. The number of benzene rings is 1. The van der Waals surface area contributed by atoms with Crippen LogP contribution < -0.4 is 4.74 Å². The molecule has 0 aliphatic rings. The molecule has 0 saturated heterocycles.